The first kappa shape index (κ1) is 14.2. The molecule has 4 aromatic rings. The predicted octanol–water partition coefficient (Wildman–Crippen LogP) is 5.20. The van der Waals surface area contributed by atoms with Crippen LogP contribution in [0, 0.1) is 6.92 Å². The largest absolute Gasteiger partial charge is 0.350 e. The van der Waals surface area contributed by atoms with Gasteiger partial charge >= 0.3 is 0 Å². The van der Waals surface area contributed by atoms with E-state index in [0.717, 1.165) is 17.1 Å². The van der Waals surface area contributed by atoms with Crippen LogP contribution >= 0.6 is 11.3 Å². The summed E-state index contributed by atoms with van der Waals surface area (Å²) < 4.78 is 2.19. The van der Waals surface area contributed by atoms with E-state index in [4.69, 9.17) is 4.98 Å². The van der Waals surface area contributed by atoms with E-state index in [-0.39, 0.29) is 0 Å². The Hall–Kier alpha value is -2.39. The topological polar surface area (TPSA) is 17.8 Å². The van der Waals surface area contributed by atoms with Crippen LogP contribution in [0.1, 0.15) is 16.1 Å². The van der Waals surface area contributed by atoms with Crippen LogP contribution in [0.2, 0.25) is 0 Å². The smallest absolute Gasteiger partial charge is 0.0977 e. The molecule has 0 aliphatic heterocycles. The molecule has 0 radical (unpaired) electrons. The van der Waals surface area contributed by atoms with Crippen LogP contribution in [0.3, 0.4) is 0 Å². The predicted molar refractivity (Wildman–Crippen MR) is 98.0 cm³/mol. The molecule has 2 aromatic heterocycles. The van der Waals surface area contributed by atoms with E-state index in [1.54, 1.807) is 11.3 Å². The van der Waals surface area contributed by atoms with Crippen molar-refractivity contribution < 1.29 is 0 Å². The molecule has 0 fully saturated rings. The van der Waals surface area contributed by atoms with Crippen molar-refractivity contribution >= 4 is 22.2 Å². The minimum atomic E-state index is 0.887. The average Bonchev–Trinajstić information content (AvgIpc) is 3.15. The number of para-hydroxylation sites is 1. The molecule has 0 aliphatic rings. The number of benzene rings is 2. The molecule has 0 amide bonds. The number of aromatic nitrogens is 2. The van der Waals surface area contributed by atoms with Gasteiger partial charge in [-0.25, -0.2) is 4.98 Å². The zero-order chi connectivity index (χ0) is 15.8. The molecule has 23 heavy (non-hydrogen) atoms. The van der Waals surface area contributed by atoms with Gasteiger partial charge in [-0.15, -0.1) is 11.3 Å². The highest BCUT2D eigenvalue weighted by Crippen LogP contribution is 2.27. The number of aryl methyl sites for hydroxylation is 2. The lowest BCUT2D eigenvalue weighted by Crippen LogP contribution is -1.87. The van der Waals surface area contributed by atoms with E-state index in [0.29, 0.717) is 0 Å². The minimum absolute atomic E-state index is 0.887. The Balaban J connectivity index is 1.65. The lowest BCUT2D eigenvalue weighted by atomic mass is 10.1. The van der Waals surface area contributed by atoms with Crippen molar-refractivity contribution in [3.05, 3.63) is 76.2 Å². The number of hydrogen-bond acceptors (Lipinski definition) is 2. The van der Waals surface area contributed by atoms with Crippen LogP contribution in [0.15, 0.2) is 60.1 Å². The van der Waals surface area contributed by atoms with Gasteiger partial charge in [0.15, 0.2) is 0 Å². The fraction of sp³-hybridized carbons (Fsp3) is 0.150. The molecule has 2 nitrogen and oxygen atoms in total. The summed E-state index contributed by atoms with van der Waals surface area (Å²) in [5.41, 5.74) is 6.16. The molecule has 4 rings (SSSR count). The van der Waals surface area contributed by atoms with E-state index >= 15 is 0 Å². The van der Waals surface area contributed by atoms with Gasteiger partial charge in [-0.3, -0.25) is 0 Å². The summed E-state index contributed by atoms with van der Waals surface area (Å²) in [6, 6.07) is 17.1. The van der Waals surface area contributed by atoms with E-state index in [2.05, 4.69) is 78.6 Å². The molecular weight excluding hydrogens is 300 g/mol. The van der Waals surface area contributed by atoms with Crippen LogP contribution in [-0.4, -0.2) is 9.55 Å². The average molecular weight is 318 g/mol. The second kappa shape index (κ2) is 5.67. The summed E-state index contributed by atoms with van der Waals surface area (Å²) in [6.45, 7) is 2.11. The van der Waals surface area contributed by atoms with Crippen molar-refractivity contribution in [1.82, 2.24) is 9.55 Å². The maximum absolute atomic E-state index is 4.83. The third kappa shape index (κ3) is 2.68. The van der Waals surface area contributed by atoms with Crippen molar-refractivity contribution in [2.45, 2.75) is 13.3 Å². The molecule has 0 saturated heterocycles. The Morgan fingerprint density at radius 3 is 2.65 bits per heavy atom. The van der Waals surface area contributed by atoms with Crippen LogP contribution in [0.5, 0.6) is 0 Å². The molecule has 114 valence electrons. The van der Waals surface area contributed by atoms with Crippen LogP contribution in [0.25, 0.3) is 22.2 Å². The number of rotatable bonds is 3. The highest BCUT2D eigenvalue weighted by molar-refractivity contribution is 7.10. The number of hydrogen-bond donors (Lipinski definition) is 0. The SMILES string of the molecule is Cc1ccc(-c2csc(Cc3cn(C)c4ccccc34)n2)cc1. The highest BCUT2D eigenvalue weighted by atomic mass is 32.1. The molecule has 3 heteroatoms. The summed E-state index contributed by atoms with van der Waals surface area (Å²) in [7, 11) is 2.10. The van der Waals surface area contributed by atoms with Crippen molar-refractivity contribution in [2.24, 2.45) is 7.05 Å². The fourth-order valence-corrected chi connectivity index (χ4v) is 3.80. The van der Waals surface area contributed by atoms with E-state index in [1.807, 2.05) is 0 Å². The molecule has 2 aromatic carbocycles. The molecule has 0 saturated carbocycles. The second-order valence-corrected chi connectivity index (χ2v) is 6.89. The van der Waals surface area contributed by atoms with Crippen molar-refractivity contribution in [3.8, 4) is 11.3 Å². The first-order chi connectivity index (χ1) is 11.2. The van der Waals surface area contributed by atoms with Gasteiger partial charge in [-0.1, -0.05) is 48.0 Å². The maximum atomic E-state index is 4.83. The van der Waals surface area contributed by atoms with Gasteiger partial charge in [0.2, 0.25) is 0 Å². The maximum Gasteiger partial charge on any atom is 0.0977 e. The van der Waals surface area contributed by atoms with Crippen molar-refractivity contribution in [3.63, 3.8) is 0 Å². The summed E-state index contributed by atoms with van der Waals surface area (Å²) in [4.78, 5) is 4.83. The molecule has 2 heterocycles. The summed E-state index contributed by atoms with van der Waals surface area (Å²) in [5, 5.41) is 4.64. The first-order valence-corrected chi connectivity index (χ1v) is 8.63. The normalized spacial score (nSPS) is 11.2. The van der Waals surface area contributed by atoms with Crippen LogP contribution in [-0.2, 0) is 13.5 Å². The lowest BCUT2D eigenvalue weighted by Gasteiger charge is -1.98. The van der Waals surface area contributed by atoms with E-state index in [9.17, 15) is 0 Å². The van der Waals surface area contributed by atoms with Gasteiger partial charge in [0.25, 0.3) is 0 Å². The van der Waals surface area contributed by atoms with Gasteiger partial charge in [0.1, 0.15) is 0 Å². The quantitative estimate of drug-likeness (QED) is 0.507. The van der Waals surface area contributed by atoms with Gasteiger partial charge in [0.05, 0.1) is 10.7 Å². The summed E-state index contributed by atoms with van der Waals surface area (Å²) >= 11 is 1.74. The lowest BCUT2D eigenvalue weighted by molar-refractivity contribution is 0.957. The summed E-state index contributed by atoms with van der Waals surface area (Å²) in [6.07, 6.45) is 3.11. The van der Waals surface area contributed by atoms with E-state index < -0.39 is 0 Å². The zero-order valence-corrected chi connectivity index (χ0v) is 14.1. The molecule has 0 N–H and O–H groups in total. The number of nitrogens with zero attached hydrogens (tertiary/aromatic N) is 2. The first-order valence-electron chi connectivity index (χ1n) is 7.75. The molecule has 0 aliphatic carbocycles. The molecule has 0 bridgehead atoms. The molecule has 0 atom stereocenters. The van der Waals surface area contributed by atoms with Gasteiger partial charge < -0.3 is 4.57 Å². The summed E-state index contributed by atoms with van der Waals surface area (Å²) in [5.74, 6) is 0. The minimum Gasteiger partial charge on any atom is -0.350 e. The molecular formula is C20H18N2S. The van der Waals surface area contributed by atoms with Crippen LogP contribution < -0.4 is 0 Å². The zero-order valence-electron chi connectivity index (χ0n) is 13.3. The van der Waals surface area contributed by atoms with Gasteiger partial charge in [-0.2, -0.15) is 0 Å². The van der Waals surface area contributed by atoms with E-state index in [1.165, 1.54) is 27.6 Å². The molecule has 0 spiro atoms. The van der Waals surface area contributed by atoms with Crippen LogP contribution in [0.4, 0.5) is 0 Å². The fourth-order valence-electron chi connectivity index (χ4n) is 2.98. The molecule has 0 unspecified atom stereocenters. The van der Waals surface area contributed by atoms with Gasteiger partial charge in [-0.05, 0) is 18.6 Å². The Bertz CT molecular complexity index is 961. The Morgan fingerprint density at radius 2 is 1.83 bits per heavy atom. The third-order valence-corrected chi connectivity index (χ3v) is 5.07. The second-order valence-electron chi connectivity index (χ2n) is 5.95. The number of fused-ring (bicyclic) bond motifs is 1. The highest BCUT2D eigenvalue weighted by Gasteiger charge is 2.10. The standard InChI is InChI=1S/C20H18N2S/c1-14-7-9-15(10-8-14)18-13-23-20(21-18)11-16-12-22(2)19-6-4-3-5-17(16)19/h3-10,12-13H,11H2,1-2H3. The Labute approximate surface area is 140 Å². The Kier molecular flexibility index (Phi) is 3.50. The van der Waals surface area contributed by atoms with Gasteiger partial charge in [0, 0.05) is 41.5 Å². The van der Waals surface area contributed by atoms with Crippen molar-refractivity contribution in [1.29, 1.82) is 0 Å². The number of thiazole rings is 1. The monoisotopic (exact) mass is 318 g/mol. The van der Waals surface area contributed by atoms with Crippen molar-refractivity contribution in [2.75, 3.05) is 0 Å². The Morgan fingerprint density at radius 1 is 1.04 bits per heavy atom. The third-order valence-electron chi connectivity index (χ3n) is 4.22.